The van der Waals surface area contributed by atoms with E-state index in [2.05, 4.69) is 24.1 Å². The van der Waals surface area contributed by atoms with Gasteiger partial charge in [0.05, 0.1) is 6.61 Å². The molecule has 128 valence electrons. The highest BCUT2D eigenvalue weighted by atomic mass is 16.5. The molecule has 0 spiro atoms. The molecule has 0 saturated carbocycles. The number of esters is 1. The Bertz CT molecular complexity index is 367. The fourth-order valence-electron chi connectivity index (χ4n) is 1.84. The molecule has 0 aromatic carbocycles. The van der Waals surface area contributed by atoms with Gasteiger partial charge in [-0.3, -0.25) is 0 Å². The van der Waals surface area contributed by atoms with Crippen LogP contribution in [0.3, 0.4) is 0 Å². The molecule has 22 heavy (non-hydrogen) atoms. The van der Waals surface area contributed by atoms with E-state index in [-0.39, 0.29) is 6.61 Å². The van der Waals surface area contributed by atoms with Gasteiger partial charge in [0.1, 0.15) is 0 Å². The van der Waals surface area contributed by atoms with Crippen molar-refractivity contribution in [2.45, 2.75) is 72.4 Å². The first-order valence-corrected chi connectivity index (χ1v) is 8.07. The Kier molecular flexibility index (Phi) is 10.4. The van der Waals surface area contributed by atoms with E-state index in [0.29, 0.717) is 24.7 Å². The molecule has 0 aliphatic carbocycles. The molecule has 1 N–H and O–H groups in total. The standard InChI is InChI=1S/C16H30N2O4/c1-6-22-16(21)14(10-8-12(4)5)18-17-13(15(19)20)9-7-11(2)3/h11-14H,6-10H2,1-5H3,(H,19,20). The smallest absolute Gasteiger partial charge is 0.332 e. The van der Waals surface area contributed by atoms with Crippen molar-refractivity contribution in [2.75, 3.05) is 6.61 Å². The first-order chi connectivity index (χ1) is 10.3. The molecule has 0 saturated heterocycles. The van der Waals surface area contributed by atoms with Crippen LogP contribution in [-0.4, -0.2) is 35.7 Å². The summed E-state index contributed by atoms with van der Waals surface area (Å²) in [5, 5.41) is 17.1. The third-order valence-corrected chi connectivity index (χ3v) is 3.22. The van der Waals surface area contributed by atoms with Crippen LogP contribution >= 0.6 is 0 Å². The summed E-state index contributed by atoms with van der Waals surface area (Å²) in [4.78, 5) is 23.1. The maximum atomic E-state index is 11.9. The zero-order valence-electron chi connectivity index (χ0n) is 14.4. The Morgan fingerprint density at radius 2 is 1.36 bits per heavy atom. The van der Waals surface area contributed by atoms with E-state index in [1.807, 2.05) is 13.8 Å². The van der Waals surface area contributed by atoms with Crippen molar-refractivity contribution in [1.82, 2.24) is 0 Å². The van der Waals surface area contributed by atoms with Crippen LogP contribution in [0, 0.1) is 11.8 Å². The number of ether oxygens (including phenoxy) is 1. The number of hydrogen-bond acceptors (Lipinski definition) is 5. The molecule has 0 aromatic rings. The largest absolute Gasteiger partial charge is 0.480 e. The zero-order valence-corrected chi connectivity index (χ0v) is 14.4. The predicted molar refractivity (Wildman–Crippen MR) is 84.8 cm³/mol. The summed E-state index contributed by atoms with van der Waals surface area (Å²) in [6.45, 7) is 10.2. The molecule has 0 heterocycles. The Morgan fingerprint density at radius 1 is 0.909 bits per heavy atom. The summed E-state index contributed by atoms with van der Waals surface area (Å²) in [7, 11) is 0. The second kappa shape index (κ2) is 11.2. The van der Waals surface area contributed by atoms with Crippen molar-refractivity contribution in [2.24, 2.45) is 22.1 Å². The van der Waals surface area contributed by atoms with Crippen molar-refractivity contribution in [3.05, 3.63) is 0 Å². The molecule has 0 aliphatic rings. The summed E-state index contributed by atoms with van der Waals surface area (Å²) < 4.78 is 4.99. The SMILES string of the molecule is CCOC(=O)C(CCC(C)C)N=NC(CCC(C)C)C(=O)O. The molecule has 0 radical (unpaired) electrons. The molecule has 6 nitrogen and oxygen atoms in total. The molecule has 0 bridgehead atoms. The number of rotatable bonds is 11. The third-order valence-electron chi connectivity index (χ3n) is 3.22. The normalized spacial score (nSPS) is 14.5. The van der Waals surface area contributed by atoms with Gasteiger partial charge in [-0.1, -0.05) is 27.7 Å². The van der Waals surface area contributed by atoms with E-state index in [9.17, 15) is 14.7 Å². The van der Waals surface area contributed by atoms with Gasteiger partial charge >= 0.3 is 11.9 Å². The number of carboxylic acid groups (broad SMARTS) is 1. The van der Waals surface area contributed by atoms with Crippen LogP contribution in [0.2, 0.25) is 0 Å². The van der Waals surface area contributed by atoms with Gasteiger partial charge in [0, 0.05) is 0 Å². The first kappa shape index (κ1) is 20.5. The molecule has 0 amide bonds. The summed E-state index contributed by atoms with van der Waals surface area (Å²) in [6.07, 6.45) is 2.52. The number of hydrogen-bond donors (Lipinski definition) is 1. The van der Waals surface area contributed by atoms with Gasteiger partial charge < -0.3 is 9.84 Å². The molecular formula is C16H30N2O4. The number of carboxylic acids is 1. The lowest BCUT2D eigenvalue weighted by Crippen LogP contribution is -2.24. The van der Waals surface area contributed by atoms with Gasteiger partial charge in [-0.15, -0.1) is 0 Å². The minimum atomic E-state index is -1.00. The Labute approximate surface area is 133 Å². The third kappa shape index (κ3) is 9.47. The van der Waals surface area contributed by atoms with E-state index in [1.165, 1.54) is 0 Å². The molecular weight excluding hydrogens is 284 g/mol. The van der Waals surface area contributed by atoms with E-state index in [1.54, 1.807) is 6.92 Å². The number of azo groups is 1. The fraction of sp³-hybridized carbons (Fsp3) is 0.875. The highest BCUT2D eigenvalue weighted by molar-refractivity contribution is 5.76. The van der Waals surface area contributed by atoms with Crippen LogP contribution in [0.15, 0.2) is 10.2 Å². The van der Waals surface area contributed by atoms with Crippen LogP contribution < -0.4 is 0 Å². The Balaban J connectivity index is 4.81. The van der Waals surface area contributed by atoms with Gasteiger partial charge in [0.15, 0.2) is 12.1 Å². The van der Waals surface area contributed by atoms with Gasteiger partial charge in [0.25, 0.3) is 0 Å². The monoisotopic (exact) mass is 314 g/mol. The summed E-state index contributed by atoms with van der Waals surface area (Å²) in [5.41, 5.74) is 0. The number of carbonyl (C=O) groups excluding carboxylic acids is 1. The molecule has 2 atom stereocenters. The molecule has 0 fully saturated rings. The molecule has 0 aliphatic heterocycles. The van der Waals surface area contributed by atoms with E-state index in [4.69, 9.17) is 4.74 Å². The Hall–Kier alpha value is -1.46. The van der Waals surface area contributed by atoms with E-state index >= 15 is 0 Å². The van der Waals surface area contributed by atoms with Crippen molar-refractivity contribution in [3.63, 3.8) is 0 Å². The van der Waals surface area contributed by atoms with Crippen LogP contribution in [0.1, 0.15) is 60.3 Å². The van der Waals surface area contributed by atoms with Crippen LogP contribution in [0.5, 0.6) is 0 Å². The lowest BCUT2D eigenvalue weighted by molar-refractivity contribution is -0.145. The van der Waals surface area contributed by atoms with Crippen LogP contribution in [0.4, 0.5) is 0 Å². The maximum absolute atomic E-state index is 11.9. The summed E-state index contributed by atoms with van der Waals surface area (Å²) in [5.74, 6) is -0.599. The fourth-order valence-corrected chi connectivity index (χ4v) is 1.84. The van der Waals surface area contributed by atoms with Gasteiger partial charge in [-0.2, -0.15) is 10.2 Å². The number of nitrogens with zero attached hydrogens (tertiary/aromatic N) is 2. The Morgan fingerprint density at radius 3 is 1.77 bits per heavy atom. The molecule has 6 heteroatoms. The zero-order chi connectivity index (χ0) is 17.1. The lowest BCUT2D eigenvalue weighted by Gasteiger charge is -2.13. The average molecular weight is 314 g/mol. The second-order valence-electron chi connectivity index (χ2n) is 6.30. The van der Waals surface area contributed by atoms with Crippen molar-refractivity contribution in [1.29, 1.82) is 0 Å². The van der Waals surface area contributed by atoms with Crippen LogP contribution in [-0.2, 0) is 14.3 Å². The van der Waals surface area contributed by atoms with Crippen molar-refractivity contribution < 1.29 is 19.4 Å². The maximum Gasteiger partial charge on any atom is 0.332 e. The number of aliphatic carboxylic acids is 1. The van der Waals surface area contributed by atoms with Gasteiger partial charge in [-0.25, -0.2) is 9.59 Å². The average Bonchev–Trinajstić information content (AvgIpc) is 2.40. The minimum Gasteiger partial charge on any atom is -0.480 e. The second-order valence-corrected chi connectivity index (χ2v) is 6.30. The van der Waals surface area contributed by atoms with Crippen molar-refractivity contribution >= 4 is 11.9 Å². The lowest BCUT2D eigenvalue weighted by atomic mass is 10.0. The minimum absolute atomic E-state index is 0.280. The topological polar surface area (TPSA) is 88.3 Å². The molecule has 2 unspecified atom stereocenters. The first-order valence-electron chi connectivity index (χ1n) is 8.07. The highest BCUT2D eigenvalue weighted by Gasteiger charge is 2.22. The van der Waals surface area contributed by atoms with Crippen molar-refractivity contribution in [3.8, 4) is 0 Å². The van der Waals surface area contributed by atoms with E-state index < -0.39 is 24.0 Å². The molecule has 0 rings (SSSR count). The summed E-state index contributed by atoms with van der Waals surface area (Å²) >= 11 is 0. The predicted octanol–water partition coefficient (Wildman–Crippen LogP) is 3.70. The van der Waals surface area contributed by atoms with Crippen LogP contribution in [0.25, 0.3) is 0 Å². The highest BCUT2D eigenvalue weighted by Crippen LogP contribution is 2.15. The summed E-state index contributed by atoms with van der Waals surface area (Å²) in [6, 6.07) is -1.60. The number of carbonyl (C=O) groups is 2. The van der Waals surface area contributed by atoms with Gasteiger partial charge in [0.2, 0.25) is 0 Å². The van der Waals surface area contributed by atoms with Gasteiger partial charge in [-0.05, 0) is 44.4 Å². The molecule has 0 aromatic heterocycles. The van der Waals surface area contributed by atoms with E-state index in [0.717, 1.165) is 12.8 Å². The quantitative estimate of drug-likeness (QED) is 0.465.